The van der Waals surface area contributed by atoms with Gasteiger partial charge in [0.05, 0.1) is 11.8 Å². The Balaban J connectivity index is 1.29. The van der Waals surface area contributed by atoms with Crippen molar-refractivity contribution < 1.29 is 13.2 Å². The zero-order chi connectivity index (χ0) is 23.0. The van der Waals surface area contributed by atoms with Crippen LogP contribution in [0.3, 0.4) is 0 Å². The van der Waals surface area contributed by atoms with E-state index in [2.05, 4.69) is 14.8 Å². The van der Waals surface area contributed by atoms with Crippen LogP contribution in [0.1, 0.15) is 10.4 Å². The summed E-state index contributed by atoms with van der Waals surface area (Å²) in [6, 6.07) is 11.9. The maximum Gasteiger partial charge on any atom is 0.255 e. The highest BCUT2D eigenvalue weighted by atomic mass is 32.2. The fourth-order valence-corrected chi connectivity index (χ4v) is 5.45. The maximum atomic E-state index is 13.2. The molecule has 2 aliphatic rings. The highest BCUT2D eigenvalue weighted by Crippen LogP contribution is 2.23. The number of nitrogens with zero attached hydrogens (tertiary/aromatic N) is 6. The number of fused-ring (bicyclic) bond motifs is 1. The molecule has 5 rings (SSSR count). The maximum absolute atomic E-state index is 13.2. The Hall–Kier alpha value is -3.11. The second-order valence-corrected chi connectivity index (χ2v) is 10.5. The Morgan fingerprint density at radius 1 is 0.818 bits per heavy atom. The highest BCUT2D eigenvalue weighted by molar-refractivity contribution is 7.88. The van der Waals surface area contributed by atoms with Crippen LogP contribution < -0.4 is 9.80 Å². The molecule has 0 bridgehead atoms. The smallest absolute Gasteiger partial charge is 0.255 e. The molecule has 0 unspecified atom stereocenters. The van der Waals surface area contributed by atoms with Crippen LogP contribution >= 0.6 is 0 Å². The first-order valence-electron chi connectivity index (χ1n) is 11.2. The van der Waals surface area contributed by atoms with E-state index in [0.717, 1.165) is 30.1 Å². The van der Waals surface area contributed by atoms with Crippen LogP contribution in [0.2, 0.25) is 0 Å². The zero-order valence-electron chi connectivity index (χ0n) is 18.7. The number of rotatable bonds is 4. The van der Waals surface area contributed by atoms with Crippen molar-refractivity contribution in [1.82, 2.24) is 18.6 Å². The molecule has 5 heterocycles. The molecule has 3 aromatic rings. The average molecular weight is 469 g/mol. The molecule has 2 fully saturated rings. The van der Waals surface area contributed by atoms with Crippen molar-refractivity contribution in [3.05, 3.63) is 60.6 Å². The van der Waals surface area contributed by atoms with Crippen molar-refractivity contribution in [2.75, 3.05) is 68.4 Å². The van der Waals surface area contributed by atoms with Gasteiger partial charge in [0, 0.05) is 82.2 Å². The lowest BCUT2D eigenvalue weighted by atomic mass is 10.2. The lowest BCUT2D eigenvalue weighted by Gasteiger charge is -2.36. The highest BCUT2D eigenvalue weighted by Gasteiger charge is 2.26. The van der Waals surface area contributed by atoms with Gasteiger partial charge >= 0.3 is 0 Å². The molecule has 0 spiro atoms. The summed E-state index contributed by atoms with van der Waals surface area (Å²) in [7, 11) is -3.17. The van der Waals surface area contributed by atoms with E-state index in [1.807, 2.05) is 51.9 Å². The SMILES string of the molecule is CS(=O)(=O)N1CCN(c2ccc3ccc(C(=O)N4CCN(c5ccncc5)CC4)cn23)CC1. The number of sulfonamides is 1. The number of carbonyl (C=O) groups excluding carboxylic acids is 1. The van der Waals surface area contributed by atoms with Gasteiger partial charge in [-0.1, -0.05) is 0 Å². The minimum Gasteiger partial charge on any atom is -0.368 e. The molecule has 0 aromatic carbocycles. The van der Waals surface area contributed by atoms with Gasteiger partial charge in [-0.05, 0) is 36.4 Å². The second kappa shape index (κ2) is 8.68. The second-order valence-electron chi connectivity index (χ2n) is 8.54. The molecule has 174 valence electrons. The fourth-order valence-electron chi connectivity index (χ4n) is 4.62. The molecule has 33 heavy (non-hydrogen) atoms. The van der Waals surface area contributed by atoms with E-state index in [1.54, 1.807) is 12.4 Å². The number of hydrogen-bond donors (Lipinski definition) is 0. The first kappa shape index (κ1) is 21.7. The summed E-state index contributed by atoms with van der Waals surface area (Å²) >= 11 is 0. The van der Waals surface area contributed by atoms with E-state index in [9.17, 15) is 13.2 Å². The summed E-state index contributed by atoms with van der Waals surface area (Å²) in [4.78, 5) is 23.7. The van der Waals surface area contributed by atoms with E-state index in [0.29, 0.717) is 44.8 Å². The molecule has 9 nitrogen and oxygen atoms in total. The van der Waals surface area contributed by atoms with Gasteiger partial charge in [-0.3, -0.25) is 9.78 Å². The Bertz CT molecular complexity index is 1240. The van der Waals surface area contributed by atoms with Gasteiger partial charge in [-0.2, -0.15) is 4.31 Å². The third kappa shape index (κ3) is 4.40. The summed E-state index contributed by atoms with van der Waals surface area (Å²) in [5.41, 5.74) is 2.80. The molecule has 3 aromatic heterocycles. The predicted molar refractivity (Wildman–Crippen MR) is 128 cm³/mol. The number of pyridine rings is 2. The van der Waals surface area contributed by atoms with Gasteiger partial charge in [-0.25, -0.2) is 8.42 Å². The lowest BCUT2D eigenvalue weighted by molar-refractivity contribution is 0.0746. The van der Waals surface area contributed by atoms with Crippen LogP contribution in [0.5, 0.6) is 0 Å². The third-order valence-corrected chi connectivity index (χ3v) is 7.81. The summed E-state index contributed by atoms with van der Waals surface area (Å²) in [6.45, 7) is 5.09. The van der Waals surface area contributed by atoms with Gasteiger partial charge in [0.1, 0.15) is 5.82 Å². The Labute approximate surface area is 193 Å². The topological polar surface area (TPSA) is 81.5 Å². The van der Waals surface area contributed by atoms with E-state index >= 15 is 0 Å². The minimum atomic E-state index is -3.17. The Morgan fingerprint density at radius 2 is 1.45 bits per heavy atom. The molecule has 0 N–H and O–H groups in total. The molecular formula is C23H28N6O3S. The molecule has 0 saturated carbocycles. The van der Waals surface area contributed by atoms with Crippen LogP contribution in [0, 0.1) is 0 Å². The predicted octanol–water partition coefficient (Wildman–Crippen LogP) is 1.38. The number of carbonyl (C=O) groups is 1. The van der Waals surface area contributed by atoms with E-state index in [1.165, 1.54) is 10.6 Å². The average Bonchev–Trinajstić information content (AvgIpc) is 3.27. The number of piperazine rings is 2. The zero-order valence-corrected chi connectivity index (χ0v) is 19.5. The standard InChI is InChI=1S/C23H28N6O3S/c1-33(31,32)28-16-14-26(15-17-28)22-5-4-21-3-2-19(18-29(21)22)23(30)27-12-10-25(11-13-27)20-6-8-24-9-7-20/h2-9,18H,10-17H2,1H3. The molecule has 2 aliphatic heterocycles. The summed E-state index contributed by atoms with van der Waals surface area (Å²) in [6.07, 6.45) is 6.74. The first-order chi connectivity index (χ1) is 15.9. The number of aromatic nitrogens is 2. The minimum absolute atomic E-state index is 0.0350. The van der Waals surface area contributed by atoms with E-state index in [4.69, 9.17) is 0 Å². The van der Waals surface area contributed by atoms with Crippen molar-refractivity contribution in [2.24, 2.45) is 0 Å². The van der Waals surface area contributed by atoms with Crippen molar-refractivity contribution in [3.8, 4) is 0 Å². The third-order valence-electron chi connectivity index (χ3n) is 6.50. The molecule has 10 heteroatoms. The summed E-state index contributed by atoms with van der Waals surface area (Å²) < 4.78 is 27.2. The van der Waals surface area contributed by atoms with Crippen LogP contribution in [-0.4, -0.2) is 91.5 Å². The van der Waals surface area contributed by atoms with E-state index < -0.39 is 10.0 Å². The first-order valence-corrected chi connectivity index (χ1v) is 13.0. The summed E-state index contributed by atoms with van der Waals surface area (Å²) in [5, 5.41) is 0. The Morgan fingerprint density at radius 3 is 2.12 bits per heavy atom. The van der Waals surface area contributed by atoms with Crippen molar-refractivity contribution >= 4 is 33.0 Å². The van der Waals surface area contributed by atoms with E-state index in [-0.39, 0.29) is 5.91 Å². The molecule has 0 radical (unpaired) electrons. The van der Waals surface area contributed by atoms with Crippen molar-refractivity contribution in [3.63, 3.8) is 0 Å². The van der Waals surface area contributed by atoms with Crippen LogP contribution in [0.25, 0.3) is 5.52 Å². The van der Waals surface area contributed by atoms with Gasteiger partial charge in [0.25, 0.3) is 5.91 Å². The number of hydrogen-bond acceptors (Lipinski definition) is 6. The van der Waals surface area contributed by atoms with Gasteiger partial charge < -0.3 is 19.1 Å². The molecule has 2 saturated heterocycles. The quantitative estimate of drug-likeness (QED) is 0.576. The monoisotopic (exact) mass is 468 g/mol. The van der Waals surface area contributed by atoms with Gasteiger partial charge in [0.2, 0.25) is 10.0 Å². The number of anilines is 2. The van der Waals surface area contributed by atoms with Crippen LogP contribution in [0.4, 0.5) is 11.5 Å². The Kier molecular flexibility index (Phi) is 5.71. The largest absolute Gasteiger partial charge is 0.368 e. The van der Waals surface area contributed by atoms with Crippen LogP contribution in [-0.2, 0) is 10.0 Å². The van der Waals surface area contributed by atoms with Crippen molar-refractivity contribution in [1.29, 1.82) is 0 Å². The lowest BCUT2D eigenvalue weighted by Crippen LogP contribution is -2.49. The van der Waals surface area contributed by atoms with Crippen LogP contribution in [0.15, 0.2) is 55.0 Å². The molecule has 0 atom stereocenters. The molecule has 0 aliphatic carbocycles. The number of amides is 1. The fraction of sp³-hybridized carbons (Fsp3) is 0.391. The van der Waals surface area contributed by atoms with Gasteiger partial charge in [-0.15, -0.1) is 0 Å². The van der Waals surface area contributed by atoms with Gasteiger partial charge in [0.15, 0.2) is 0 Å². The normalized spacial score (nSPS) is 18.2. The van der Waals surface area contributed by atoms with Crippen molar-refractivity contribution in [2.45, 2.75) is 0 Å². The molecule has 1 amide bonds. The summed E-state index contributed by atoms with van der Waals surface area (Å²) in [5.74, 6) is 1.02. The molecular weight excluding hydrogens is 440 g/mol.